The van der Waals surface area contributed by atoms with Crippen LogP contribution < -0.4 is 10.2 Å². The van der Waals surface area contributed by atoms with Crippen molar-refractivity contribution in [2.24, 2.45) is 0 Å². The summed E-state index contributed by atoms with van der Waals surface area (Å²) >= 11 is 5.49. The SMILES string of the molecule is N#Cc1ccc(NC(=S)N2CCN(c3ccccn3)CC2)cc1. The van der Waals surface area contributed by atoms with Crippen molar-refractivity contribution in [3.05, 3.63) is 54.2 Å². The summed E-state index contributed by atoms with van der Waals surface area (Å²) in [5.74, 6) is 1.01. The highest BCUT2D eigenvalue weighted by molar-refractivity contribution is 7.80. The van der Waals surface area contributed by atoms with Crippen LogP contribution in [0.3, 0.4) is 0 Å². The average molecular weight is 323 g/mol. The molecule has 0 spiro atoms. The lowest BCUT2D eigenvalue weighted by Crippen LogP contribution is -2.50. The van der Waals surface area contributed by atoms with Crippen LogP contribution in [0.2, 0.25) is 0 Å². The summed E-state index contributed by atoms with van der Waals surface area (Å²) in [5.41, 5.74) is 1.55. The second-order valence-electron chi connectivity index (χ2n) is 5.28. The number of hydrogen-bond donors (Lipinski definition) is 1. The van der Waals surface area contributed by atoms with E-state index in [2.05, 4.69) is 26.2 Å². The van der Waals surface area contributed by atoms with Crippen LogP contribution >= 0.6 is 12.2 Å². The van der Waals surface area contributed by atoms with E-state index in [4.69, 9.17) is 17.5 Å². The summed E-state index contributed by atoms with van der Waals surface area (Å²) in [6, 6.07) is 15.4. The molecule has 0 radical (unpaired) electrons. The number of thiocarbonyl (C=S) groups is 1. The van der Waals surface area contributed by atoms with Crippen LogP contribution in [0, 0.1) is 11.3 Å². The van der Waals surface area contributed by atoms with Gasteiger partial charge in [-0.25, -0.2) is 4.98 Å². The normalized spacial score (nSPS) is 14.2. The van der Waals surface area contributed by atoms with Crippen molar-refractivity contribution in [3.63, 3.8) is 0 Å². The molecule has 1 aliphatic rings. The molecule has 23 heavy (non-hydrogen) atoms. The maximum absolute atomic E-state index is 8.82. The van der Waals surface area contributed by atoms with Crippen LogP contribution in [0.5, 0.6) is 0 Å². The van der Waals surface area contributed by atoms with Crippen LogP contribution in [-0.4, -0.2) is 41.2 Å². The first-order valence-corrected chi connectivity index (χ1v) is 7.89. The van der Waals surface area contributed by atoms with Gasteiger partial charge >= 0.3 is 0 Å². The molecule has 1 aromatic heterocycles. The summed E-state index contributed by atoms with van der Waals surface area (Å²) in [4.78, 5) is 8.81. The number of nitriles is 1. The number of hydrogen-bond acceptors (Lipinski definition) is 4. The Morgan fingerprint density at radius 3 is 2.43 bits per heavy atom. The van der Waals surface area contributed by atoms with Gasteiger partial charge in [0.05, 0.1) is 11.6 Å². The van der Waals surface area contributed by atoms with E-state index in [1.165, 1.54) is 0 Å². The molecule has 1 aromatic carbocycles. The van der Waals surface area contributed by atoms with Crippen molar-refractivity contribution < 1.29 is 0 Å². The van der Waals surface area contributed by atoms with Crippen molar-refractivity contribution in [1.82, 2.24) is 9.88 Å². The van der Waals surface area contributed by atoms with Gasteiger partial charge < -0.3 is 15.1 Å². The van der Waals surface area contributed by atoms with Crippen molar-refractivity contribution in [3.8, 4) is 6.07 Å². The summed E-state index contributed by atoms with van der Waals surface area (Å²) in [5, 5.41) is 12.8. The fraction of sp³-hybridized carbons (Fsp3) is 0.235. The first kappa shape index (κ1) is 15.3. The van der Waals surface area contributed by atoms with Crippen LogP contribution in [0.25, 0.3) is 0 Å². The molecule has 1 fully saturated rings. The van der Waals surface area contributed by atoms with Crippen molar-refractivity contribution in [1.29, 1.82) is 5.26 Å². The lowest BCUT2D eigenvalue weighted by Gasteiger charge is -2.36. The molecule has 2 heterocycles. The highest BCUT2D eigenvalue weighted by Crippen LogP contribution is 2.14. The Bertz CT molecular complexity index is 700. The number of benzene rings is 1. The molecule has 5 nitrogen and oxygen atoms in total. The van der Waals surface area contributed by atoms with Gasteiger partial charge in [0.1, 0.15) is 5.82 Å². The summed E-state index contributed by atoms with van der Waals surface area (Å²) in [6.07, 6.45) is 1.82. The van der Waals surface area contributed by atoms with E-state index in [9.17, 15) is 0 Å². The summed E-state index contributed by atoms with van der Waals surface area (Å²) in [6.45, 7) is 3.51. The number of pyridine rings is 1. The van der Waals surface area contributed by atoms with E-state index in [-0.39, 0.29) is 0 Å². The quantitative estimate of drug-likeness (QED) is 0.857. The zero-order chi connectivity index (χ0) is 16.1. The van der Waals surface area contributed by atoms with Crippen LogP contribution in [-0.2, 0) is 0 Å². The van der Waals surface area contributed by atoms with Crippen LogP contribution in [0.15, 0.2) is 48.7 Å². The molecule has 6 heteroatoms. The van der Waals surface area contributed by atoms with E-state index in [0.29, 0.717) is 5.56 Å². The molecular formula is C17H17N5S. The van der Waals surface area contributed by atoms with Gasteiger partial charge in [-0.05, 0) is 48.6 Å². The largest absolute Gasteiger partial charge is 0.353 e. The Kier molecular flexibility index (Phi) is 4.69. The van der Waals surface area contributed by atoms with Gasteiger partial charge in [0.25, 0.3) is 0 Å². The molecule has 0 atom stereocenters. The van der Waals surface area contributed by atoms with Gasteiger partial charge in [-0.3, -0.25) is 0 Å². The highest BCUT2D eigenvalue weighted by Gasteiger charge is 2.19. The minimum Gasteiger partial charge on any atom is -0.353 e. The molecule has 0 aliphatic carbocycles. The fourth-order valence-corrected chi connectivity index (χ4v) is 2.81. The lowest BCUT2D eigenvalue weighted by atomic mass is 10.2. The molecule has 3 rings (SSSR count). The van der Waals surface area contributed by atoms with Gasteiger partial charge in [-0.1, -0.05) is 6.07 Å². The molecule has 0 bridgehead atoms. The van der Waals surface area contributed by atoms with Crippen molar-refractivity contribution >= 4 is 28.8 Å². The minimum atomic E-state index is 0.644. The third kappa shape index (κ3) is 3.76. The first-order valence-electron chi connectivity index (χ1n) is 7.48. The predicted molar refractivity (Wildman–Crippen MR) is 95.4 cm³/mol. The van der Waals surface area contributed by atoms with Crippen molar-refractivity contribution in [2.45, 2.75) is 0 Å². The maximum atomic E-state index is 8.82. The van der Waals surface area contributed by atoms with E-state index >= 15 is 0 Å². The number of anilines is 2. The third-order valence-corrected chi connectivity index (χ3v) is 4.17. The third-order valence-electron chi connectivity index (χ3n) is 3.81. The average Bonchev–Trinajstić information content (AvgIpc) is 2.63. The first-order chi connectivity index (χ1) is 11.3. The fourth-order valence-electron chi connectivity index (χ4n) is 2.51. The number of rotatable bonds is 2. The second-order valence-corrected chi connectivity index (χ2v) is 5.67. The molecule has 1 aliphatic heterocycles. The standard InChI is InChI=1S/C17H17N5S/c18-13-14-4-6-15(7-5-14)20-17(23)22-11-9-21(10-12-22)16-3-1-2-8-19-16/h1-8H,9-12H2,(H,20,23). The number of nitrogens with one attached hydrogen (secondary N) is 1. The monoisotopic (exact) mass is 323 g/mol. The molecule has 0 amide bonds. The topological polar surface area (TPSA) is 55.2 Å². The van der Waals surface area contributed by atoms with E-state index < -0.39 is 0 Å². The van der Waals surface area contributed by atoms with Gasteiger partial charge in [0.15, 0.2) is 5.11 Å². The number of piperazine rings is 1. The Labute approximate surface area is 141 Å². The Hall–Kier alpha value is -2.65. The van der Waals surface area contributed by atoms with E-state index in [0.717, 1.165) is 42.8 Å². The zero-order valence-electron chi connectivity index (χ0n) is 12.6. The predicted octanol–water partition coefficient (Wildman–Crippen LogP) is 2.47. The van der Waals surface area contributed by atoms with Gasteiger partial charge in [-0.2, -0.15) is 5.26 Å². The number of aromatic nitrogens is 1. The van der Waals surface area contributed by atoms with Gasteiger partial charge in [-0.15, -0.1) is 0 Å². The Morgan fingerprint density at radius 1 is 1.09 bits per heavy atom. The molecule has 0 saturated carbocycles. The highest BCUT2D eigenvalue weighted by atomic mass is 32.1. The Balaban J connectivity index is 1.55. The lowest BCUT2D eigenvalue weighted by molar-refractivity contribution is 0.389. The van der Waals surface area contributed by atoms with Gasteiger partial charge in [0, 0.05) is 38.1 Å². The van der Waals surface area contributed by atoms with Gasteiger partial charge in [0.2, 0.25) is 0 Å². The zero-order valence-corrected chi connectivity index (χ0v) is 13.5. The van der Waals surface area contributed by atoms with Crippen LogP contribution in [0.4, 0.5) is 11.5 Å². The maximum Gasteiger partial charge on any atom is 0.173 e. The molecule has 2 aromatic rings. The summed E-state index contributed by atoms with van der Waals surface area (Å²) < 4.78 is 0. The second kappa shape index (κ2) is 7.07. The minimum absolute atomic E-state index is 0.644. The van der Waals surface area contributed by atoms with E-state index in [1.807, 2.05) is 36.5 Å². The Morgan fingerprint density at radius 2 is 1.83 bits per heavy atom. The van der Waals surface area contributed by atoms with Crippen LogP contribution in [0.1, 0.15) is 5.56 Å². The molecule has 1 N–H and O–H groups in total. The molecule has 1 saturated heterocycles. The molecular weight excluding hydrogens is 306 g/mol. The molecule has 0 unspecified atom stereocenters. The smallest absolute Gasteiger partial charge is 0.173 e. The summed E-state index contributed by atoms with van der Waals surface area (Å²) in [7, 11) is 0. The number of nitrogens with zero attached hydrogens (tertiary/aromatic N) is 4. The van der Waals surface area contributed by atoms with E-state index in [1.54, 1.807) is 12.1 Å². The van der Waals surface area contributed by atoms with Crippen molar-refractivity contribution in [2.75, 3.05) is 36.4 Å². The molecule has 116 valence electrons.